The number of amides is 1. The zero-order chi connectivity index (χ0) is 20.9. The maximum atomic E-state index is 12.2. The fraction of sp³-hybridized carbons (Fsp3) is 0.238. The topological polar surface area (TPSA) is 97.6 Å². The van der Waals surface area contributed by atoms with E-state index in [-0.39, 0.29) is 11.6 Å². The molecule has 30 heavy (non-hydrogen) atoms. The summed E-state index contributed by atoms with van der Waals surface area (Å²) in [5.74, 6) is -0.339. The Morgan fingerprint density at radius 3 is 2.90 bits per heavy atom. The average molecular weight is 424 g/mol. The summed E-state index contributed by atoms with van der Waals surface area (Å²) >= 11 is 1.42. The van der Waals surface area contributed by atoms with Gasteiger partial charge in [0.25, 0.3) is 5.69 Å². The van der Waals surface area contributed by atoms with Crippen LogP contribution in [-0.2, 0) is 16.1 Å². The second-order valence-corrected chi connectivity index (χ2v) is 7.91. The Kier molecular flexibility index (Phi) is 6.12. The Hall–Kier alpha value is -3.14. The fourth-order valence-corrected chi connectivity index (χ4v) is 4.13. The van der Waals surface area contributed by atoms with E-state index in [4.69, 9.17) is 4.74 Å². The van der Waals surface area contributed by atoms with Crippen molar-refractivity contribution >= 4 is 44.4 Å². The van der Waals surface area contributed by atoms with Crippen molar-refractivity contribution in [1.82, 2.24) is 9.88 Å². The van der Waals surface area contributed by atoms with Crippen LogP contribution in [0.15, 0.2) is 48.5 Å². The molecule has 1 amide bonds. The average Bonchev–Trinajstić information content (AvgIpc) is 3.14. The summed E-state index contributed by atoms with van der Waals surface area (Å²) in [6.45, 7) is 4.26. The molecule has 0 atom stereocenters. The molecule has 3 aromatic rings. The lowest BCUT2D eigenvalue weighted by Crippen LogP contribution is -2.35. The maximum absolute atomic E-state index is 12.2. The molecule has 0 bridgehead atoms. The number of ether oxygens (including phenoxy) is 1. The molecule has 0 aliphatic carbocycles. The van der Waals surface area contributed by atoms with E-state index in [1.807, 2.05) is 6.07 Å². The SMILES string of the molecule is O=C(/C=C/c1cccc([N+](=O)[O-])c1)Nc1nc2ccc(CN3CCOCC3)cc2s1. The minimum atomic E-state index is -0.466. The number of carbonyl (C=O) groups is 1. The van der Waals surface area contributed by atoms with Gasteiger partial charge in [-0.15, -0.1) is 0 Å². The number of benzene rings is 2. The van der Waals surface area contributed by atoms with Gasteiger partial charge in [-0.3, -0.25) is 25.1 Å². The van der Waals surface area contributed by atoms with Crippen LogP contribution in [0.3, 0.4) is 0 Å². The second-order valence-electron chi connectivity index (χ2n) is 6.88. The van der Waals surface area contributed by atoms with Crippen LogP contribution in [0.1, 0.15) is 11.1 Å². The summed E-state index contributed by atoms with van der Waals surface area (Å²) in [5, 5.41) is 14.1. The van der Waals surface area contributed by atoms with Crippen LogP contribution in [-0.4, -0.2) is 47.0 Å². The molecule has 1 N–H and O–H groups in total. The van der Waals surface area contributed by atoms with Gasteiger partial charge >= 0.3 is 0 Å². The molecule has 0 radical (unpaired) electrons. The molecule has 1 saturated heterocycles. The maximum Gasteiger partial charge on any atom is 0.270 e. The highest BCUT2D eigenvalue weighted by molar-refractivity contribution is 7.22. The number of nitrogens with zero attached hydrogens (tertiary/aromatic N) is 3. The number of anilines is 1. The van der Waals surface area contributed by atoms with Crippen LogP contribution >= 0.6 is 11.3 Å². The van der Waals surface area contributed by atoms with E-state index in [1.54, 1.807) is 12.1 Å². The molecular formula is C21H20N4O4S. The van der Waals surface area contributed by atoms with Gasteiger partial charge in [0.05, 0.1) is 28.4 Å². The highest BCUT2D eigenvalue weighted by Gasteiger charge is 2.12. The van der Waals surface area contributed by atoms with Gasteiger partial charge in [-0.05, 0) is 29.3 Å². The highest BCUT2D eigenvalue weighted by atomic mass is 32.1. The summed E-state index contributed by atoms with van der Waals surface area (Å²) in [7, 11) is 0. The second kappa shape index (κ2) is 9.12. The van der Waals surface area contributed by atoms with Gasteiger partial charge < -0.3 is 4.74 Å². The number of nitrogens with one attached hydrogen (secondary N) is 1. The van der Waals surface area contributed by atoms with Gasteiger partial charge in [-0.2, -0.15) is 0 Å². The quantitative estimate of drug-likeness (QED) is 0.368. The largest absolute Gasteiger partial charge is 0.379 e. The minimum Gasteiger partial charge on any atom is -0.379 e. The lowest BCUT2D eigenvalue weighted by Gasteiger charge is -2.26. The molecule has 1 aromatic heterocycles. The standard InChI is InChI=1S/C21H20N4O4S/c26-20(7-5-15-2-1-3-17(12-15)25(27)28)23-21-22-18-6-4-16(13-19(18)30-21)14-24-8-10-29-11-9-24/h1-7,12-13H,8-11,14H2,(H,22,23,26)/b7-5+. The monoisotopic (exact) mass is 424 g/mol. The van der Waals surface area contributed by atoms with E-state index in [2.05, 4.69) is 27.3 Å². The van der Waals surface area contributed by atoms with Crippen molar-refractivity contribution in [3.63, 3.8) is 0 Å². The number of carbonyl (C=O) groups excluding carboxylic acids is 1. The van der Waals surface area contributed by atoms with E-state index < -0.39 is 4.92 Å². The van der Waals surface area contributed by atoms with Crippen LogP contribution in [0.4, 0.5) is 10.8 Å². The molecule has 9 heteroatoms. The Balaban J connectivity index is 1.41. The van der Waals surface area contributed by atoms with Crippen LogP contribution in [0, 0.1) is 10.1 Å². The van der Waals surface area contributed by atoms with E-state index in [0.29, 0.717) is 10.7 Å². The number of hydrogen-bond donors (Lipinski definition) is 1. The zero-order valence-electron chi connectivity index (χ0n) is 16.1. The van der Waals surface area contributed by atoms with Crippen molar-refractivity contribution in [2.75, 3.05) is 31.6 Å². The number of fused-ring (bicyclic) bond motifs is 1. The van der Waals surface area contributed by atoms with Gasteiger partial charge in [0.2, 0.25) is 5.91 Å². The number of non-ortho nitro benzene ring substituents is 1. The number of hydrogen-bond acceptors (Lipinski definition) is 7. The normalized spacial score (nSPS) is 14.9. The van der Waals surface area contributed by atoms with Gasteiger partial charge in [0.15, 0.2) is 5.13 Å². The van der Waals surface area contributed by atoms with Crippen molar-refractivity contribution < 1.29 is 14.5 Å². The summed E-state index contributed by atoms with van der Waals surface area (Å²) in [4.78, 5) is 29.4. The molecule has 1 aliphatic rings. The van der Waals surface area contributed by atoms with Crippen LogP contribution in [0.5, 0.6) is 0 Å². The molecule has 2 heterocycles. The number of nitro groups is 1. The smallest absolute Gasteiger partial charge is 0.270 e. The molecule has 0 saturated carbocycles. The van der Waals surface area contributed by atoms with Crippen molar-refractivity contribution in [2.24, 2.45) is 0 Å². The summed E-state index contributed by atoms with van der Waals surface area (Å²) in [6, 6.07) is 12.2. The molecule has 1 fully saturated rings. The molecular weight excluding hydrogens is 404 g/mol. The first kappa shape index (κ1) is 20.1. The summed E-state index contributed by atoms with van der Waals surface area (Å²) in [5.41, 5.74) is 2.60. The number of thiazole rings is 1. The Morgan fingerprint density at radius 1 is 1.27 bits per heavy atom. The van der Waals surface area contributed by atoms with Crippen molar-refractivity contribution in [1.29, 1.82) is 0 Å². The van der Waals surface area contributed by atoms with Crippen LogP contribution in [0.2, 0.25) is 0 Å². The molecule has 154 valence electrons. The molecule has 0 spiro atoms. The first-order chi connectivity index (χ1) is 14.6. The van der Waals surface area contributed by atoms with Gasteiger partial charge in [-0.1, -0.05) is 29.5 Å². The Labute approximate surface area is 176 Å². The number of rotatable bonds is 6. The zero-order valence-corrected chi connectivity index (χ0v) is 16.9. The number of nitro benzene ring substituents is 1. The van der Waals surface area contributed by atoms with Gasteiger partial charge in [0, 0.05) is 37.8 Å². The summed E-state index contributed by atoms with van der Waals surface area (Å²) in [6.07, 6.45) is 2.88. The van der Waals surface area contributed by atoms with E-state index in [1.165, 1.54) is 41.2 Å². The van der Waals surface area contributed by atoms with E-state index in [9.17, 15) is 14.9 Å². The third-order valence-electron chi connectivity index (χ3n) is 4.70. The third kappa shape index (κ3) is 5.07. The molecule has 0 unspecified atom stereocenters. The van der Waals surface area contributed by atoms with E-state index >= 15 is 0 Å². The molecule has 1 aliphatic heterocycles. The van der Waals surface area contributed by atoms with Crippen molar-refractivity contribution in [3.8, 4) is 0 Å². The predicted molar refractivity (Wildman–Crippen MR) is 116 cm³/mol. The van der Waals surface area contributed by atoms with Gasteiger partial charge in [-0.25, -0.2) is 4.98 Å². The van der Waals surface area contributed by atoms with Gasteiger partial charge in [0.1, 0.15) is 0 Å². The van der Waals surface area contributed by atoms with E-state index in [0.717, 1.165) is 43.1 Å². The predicted octanol–water partition coefficient (Wildman–Crippen LogP) is 3.69. The third-order valence-corrected chi connectivity index (χ3v) is 5.63. The molecule has 4 rings (SSSR count). The Bertz CT molecular complexity index is 1110. The van der Waals surface area contributed by atoms with Crippen molar-refractivity contribution in [3.05, 3.63) is 69.8 Å². The minimum absolute atomic E-state index is 0.0170. The Morgan fingerprint density at radius 2 is 2.10 bits per heavy atom. The highest BCUT2D eigenvalue weighted by Crippen LogP contribution is 2.27. The molecule has 8 nitrogen and oxygen atoms in total. The lowest BCUT2D eigenvalue weighted by atomic mass is 10.2. The first-order valence-corrected chi connectivity index (χ1v) is 10.3. The number of morpholine rings is 1. The first-order valence-electron chi connectivity index (χ1n) is 9.50. The number of aromatic nitrogens is 1. The lowest BCUT2D eigenvalue weighted by molar-refractivity contribution is -0.384. The fourth-order valence-electron chi connectivity index (χ4n) is 3.20. The van der Waals surface area contributed by atoms with Crippen LogP contribution in [0.25, 0.3) is 16.3 Å². The molecule has 2 aromatic carbocycles. The van der Waals surface area contributed by atoms with Crippen LogP contribution < -0.4 is 5.32 Å². The van der Waals surface area contributed by atoms with Crippen molar-refractivity contribution in [2.45, 2.75) is 6.54 Å². The summed E-state index contributed by atoms with van der Waals surface area (Å²) < 4.78 is 6.40.